The Balaban J connectivity index is 0.00000392. The first-order chi connectivity index (χ1) is 13.2. The van der Waals surface area contributed by atoms with E-state index in [1.807, 2.05) is 14.2 Å². The van der Waals surface area contributed by atoms with E-state index in [4.69, 9.17) is 9.47 Å². The zero-order valence-corrected chi connectivity index (χ0v) is 25.0. The molecule has 0 amide bonds. The van der Waals surface area contributed by atoms with Gasteiger partial charge in [-0.3, -0.25) is 0 Å². The molecule has 1 aliphatic rings. The maximum atomic E-state index is 5.76. The van der Waals surface area contributed by atoms with Crippen LogP contribution in [0.2, 0.25) is 3.67 Å². The zero-order chi connectivity index (χ0) is 19.5. The summed E-state index contributed by atoms with van der Waals surface area (Å²) in [7, 11) is 3.68. The number of rotatable bonds is 12. The van der Waals surface area contributed by atoms with Crippen LogP contribution in [0.25, 0.3) is 0 Å². The van der Waals surface area contributed by atoms with Crippen molar-refractivity contribution >= 4 is 36.8 Å². The average Bonchev–Trinajstić information content (AvgIpc) is 2.70. The minimum Gasteiger partial charge on any atom is -0.147 e. The Labute approximate surface area is 193 Å². The SMILES string of the molecule is CCCC(OC)C(CC[CH]([InH2])CC1CCN(Cc2ccccc2)CC1)OC.Cl. The van der Waals surface area contributed by atoms with Gasteiger partial charge in [0.1, 0.15) is 0 Å². The van der Waals surface area contributed by atoms with Crippen molar-refractivity contribution in [2.75, 3.05) is 27.3 Å². The first kappa shape index (κ1) is 26.3. The van der Waals surface area contributed by atoms with Crippen molar-refractivity contribution in [3.8, 4) is 0 Å². The van der Waals surface area contributed by atoms with Gasteiger partial charge in [0, 0.05) is 0 Å². The van der Waals surface area contributed by atoms with Crippen molar-refractivity contribution in [2.24, 2.45) is 5.92 Å². The fraction of sp³-hybridized carbons (Fsp3) is 0.739. The van der Waals surface area contributed by atoms with Gasteiger partial charge in [0.15, 0.2) is 0 Å². The Kier molecular flexibility index (Phi) is 14.2. The largest absolute Gasteiger partial charge is 0.147 e. The molecule has 3 unspecified atom stereocenters. The van der Waals surface area contributed by atoms with E-state index in [0.717, 1.165) is 53.4 Å². The van der Waals surface area contributed by atoms with Crippen LogP contribution in [0, 0.1) is 5.92 Å². The maximum Gasteiger partial charge on any atom is -0.147 e. The zero-order valence-electron chi connectivity index (χ0n) is 18.4. The fourth-order valence-electron chi connectivity index (χ4n) is 4.55. The molecule has 3 atom stereocenters. The van der Waals surface area contributed by atoms with Crippen molar-refractivity contribution in [1.82, 2.24) is 4.90 Å². The van der Waals surface area contributed by atoms with Crippen LogP contribution < -0.4 is 0 Å². The van der Waals surface area contributed by atoms with Gasteiger partial charge in [-0.25, -0.2) is 0 Å². The van der Waals surface area contributed by atoms with Gasteiger partial charge in [0.25, 0.3) is 0 Å². The normalized spacial score (nSPS) is 19.0. The molecule has 0 N–H and O–H groups in total. The topological polar surface area (TPSA) is 21.7 Å². The van der Waals surface area contributed by atoms with Gasteiger partial charge >= 0.3 is 182 Å². The number of hydrogen-bond acceptors (Lipinski definition) is 3. The van der Waals surface area contributed by atoms with Gasteiger partial charge in [-0.15, -0.1) is 12.4 Å². The molecular weight excluding hydrogens is 473 g/mol. The van der Waals surface area contributed by atoms with Crippen molar-refractivity contribution in [1.29, 1.82) is 0 Å². The maximum absolute atomic E-state index is 5.76. The summed E-state index contributed by atoms with van der Waals surface area (Å²) in [6.45, 7) is 5.88. The number of likely N-dealkylation sites (tertiary alicyclic amines) is 1. The van der Waals surface area contributed by atoms with E-state index in [2.05, 4.69) is 42.2 Å². The van der Waals surface area contributed by atoms with Gasteiger partial charge in [-0.2, -0.15) is 0 Å². The second kappa shape index (κ2) is 15.1. The Bertz CT molecular complexity index is 497. The van der Waals surface area contributed by atoms with E-state index in [1.165, 1.54) is 50.8 Å². The van der Waals surface area contributed by atoms with Gasteiger partial charge in [-0.1, -0.05) is 0 Å². The molecule has 1 aliphatic heterocycles. The van der Waals surface area contributed by atoms with Crippen LogP contribution in [0.1, 0.15) is 57.4 Å². The van der Waals surface area contributed by atoms with Crippen molar-refractivity contribution in [3.63, 3.8) is 0 Å². The van der Waals surface area contributed by atoms with Crippen molar-refractivity contribution in [2.45, 2.75) is 74.3 Å². The standard InChI is InChI=1S/C23H38NO2.ClH.In.2H/c1-4-10-22(25-2)23(26-3)14-9-8-11-20-15-17-24(18-16-20)19-21-12-6-5-7-13-21;;;;/h5-8,12-13,20,22-23H,4,9-11,14-19H2,1-3H3;1H;;;. The summed E-state index contributed by atoms with van der Waals surface area (Å²) in [6.07, 6.45) is 9.53. The number of piperidine rings is 1. The molecule has 2 rings (SSSR count). The Hall–Kier alpha value is 0.260. The van der Waals surface area contributed by atoms with Crippen LogP contribution in [0.15, 0.2) is 30.3 Å². The van der Waals surface area contributed by atoms with Crippen LogP contribution in [0.3, 0.4) is 0 Å². The molecule has 1 aromatic carbocycles. The number of halogens is 1. The minimum atomic E-state index is 0. The van der Waals surface area contributed by atoms with Crippen molar-refractivity contribution < 1.29 is 9.47 Å². The molecule has 28 heavy (non-hydrogen) atoms. The Morgan fingerprint density at radius 1 is 1.00 bits per heavy atom. The summed E-state index contributed by atoms with van der Waals surface area (Å²) in [4.78, 5) is 2.63. The van der Waals surface area contributed by atoms with Crippen LogP contribution in [0.5, 0.6) is 0 Å². The summed E-state index contributed by atoms with van der Waals surface area (Å²) >= 11 is 0.720. The van der Waals surface area contributed by atoms with Crippen molar-refractivity contribution in [3.05, 3.63) is 35.9 Å². The van der Waals surface area contributed by atoms with E-state index in [9.17, 15) is 0 Å². The summed E-state index contributed by atoms with van der Waals surface area (Å²) in [5.74, 6) is 0.943. The van der Waals surface area contributed by atoms with Gasteiger partial charge in [0.2, 0.25) is 0 Å². The monoisotopic (exact) mass is 513 g/mol. The molecule has 0 radical (unpaired) electrons. The minimum absolute atomic E-state index is 0. The molecule has 0 spiro atoms. The van der Waals surface area contributed by atoms with E-state index < -0.39 is 0 Å². The van der Waals surface area contributed by atoms with Crippen LogP contribution in [-0.2, 0) is 16.0 Å². The molecule has 1 aromatic rings. The predicted molar refractivity (Wildman–Crippen MR) is 124 cm³/mol. The third-order valence-electron chi connectivity index (χ3n) is 6.23. The van der Waals surface area contributed by atoms with Gasteiger partial charge < -0.3 is 0 Å². The quantitative estimate of drug-likeness (QED) is 0.403. The molecule has 0 aliphatic carbocycles. The average molecular weight is 514 g/mol. The van der Waals surface area contributed by atoms with Gasteiger partial charge in [0.05, 0.1) is 0 Å². The summed E-state index contributed by atoms with van der Waals surface area (Å²) in [5.41, 5.74) is 1.45. The van der Waals surface area contributed by atoms with E-state index in [1.54, 1.807) is 0 Å². The van der Waals surface area contributed by atoms with E-state index in [0.29, 0.717) is 0 Å². The smallest absolute Gasteiger partial charge is 0.147 e. The molecule has 0 bridgehead atoms. The molecule has 0 aromatic heterocycles. The van der Waals surface area contributed by atoms with Crippen LogP contribution in [-0.4, -0.2) is 68.8 Å². The molecule has 1 heterocycles. The first-order valence-electron chi connectivity index (χ1n) is 11.0. The predicted octanol–water partition coefficient (Wildman–Crippen LogP) is 4.74. The summed E-state index contributed by atoms with van der Waals surface area (Å²) in [5, 5.41) is 0. The number of methoxy groups -OCH3 is 2. The molecule has 1 saturated heterocycles. The number of hydrogen-bond donors (Lipinski definition) is 0. The number of ether oxygens (including phenoxy) is 2. The Morgan fingerprint density at radius 3 is 2.18 bits per heavy atom. The molecule has 3 nitrogen and oxygen atoms in total. The second-order valence-corrected chi connectivity index (χ2v) is 13.1. The van der Waals surface area contributed by atoms with Crippen LogP contribution in [0.4, 0.5) is 0 Å². The number of benzene rings is 1. The van der Waals surface area contributed by atoms with E-state index in [-0.39, 0.29) is 24.6 Å². The first-order valence-corrected chi connectivity index (χ1v) is 14.3. The van der Waals surface area contributed by atoms with E-state index >= 15 is 0 Å². The third kappa shape index (κ3) is 9.38. The fourth-order valence-corrected chi connectivity index (χ4v) is 7.41. The molecular formula is C23H41ClInNO2. The van der Waals surface area contributed by atoms with Crippen LogP contribution >= 0.6 is 12.4 Å². The molecule has 1 fully saturated rings. The second-order valence-electron chi connectivity index (χ2n) is 8.46. The number of nitrogens with zero attached hydrogens (tertiary/aromatic N) is 1. The molecule has 5 heteroatoms. The Morgan fingerprint density at radius 2 is 1.61 bits per heavy atom. The summed E-state index contributed by atoms with van der Waals surface area (Å²) in [6, 6.07) is 10.9. The third-order valence-corrected chi connectivity index (χ3v) is 9.22. The van der Waals surface area contributed by atoms with Gasteiger partial charge in [-0.05, 0) is 0 Å². The molecule has 0 saturated carbocycles. The molecule has 160 valence electrons. The summed E-state index contributed by atoms with van der Waals surface area (Å²) < 4.78 is 12.4.